The van der Waals surface area contributed by atoms with E-state index >= 15 is 0 Å². The van der Waals surface area contributed by atoms with Crippen LogP contribution in [0.3, 0.4) is 0 Å². The lowest BCUT2D eigenvalue weighted by Crippen LogP contribution is -1.97. The van der Waals surface area contributed by atoms with Gasteiger partial charge in [-0.05, 0) is 53.1 Å². The number of benzene rings is 3. The van der Waals surface area contributed by atoms with E-state index in [1.165, 1.54) is 64.5 Å². The molecule has 3 aromatic carbocycles. The predicted octanol–water partition coefficient (Wildman–Crippen LogP) is 8.55. The van der Waals surface area contributed by atoms with Crippen molar-refractivity contribution in [3.8, 4) is 22.3 Å². The summed E-state index contributed by atoms with van der Waals surface area (Å²) in [4.78, 5) is 9.88. The zero-order chi connectivity index (χ0) is 22.6. The van der Waals surface area contributed by atoms with E-state index in [9.17, 15) is 0 Å². The molecule has 0 N–H and O–H groups in total. The maximum absolute atomic E-state index is 5.00. The number of aryl methyl sites for hydroxylation is 2. The second-order valence-electron chi connectivity index (χ2n) is 8.88. The first kappa shape index (κ1) is 21.3. The quantitative estimate of drug-likeness (QED) is 0.191. The van der Waals surface area contributed by atoms with Crippen molar-refractivity contribution in [3.05, 3.63) is 96.3 Å². The predicted molar refractivity (Wildman–Crippen MR) is 140 cm³/mol. The van der Waals surface area contributed by atoms with Crippen molar-refractivity contribution in [2.24, 2.45) is 0 Å². The van der Waals surface area contributed by atoms with E-state index < -0.39 is 0 Å². The number of fused-ring (bicyclic) bond motifs is 3. The molecule has 0 amide bonds. The number of nitrogens with zero attached hydrogens (tertiary/aromatic N) is 2. The summed E-state index contributed by atoms with van der Waals surface area (Å²) in [5, 5.41) is 2.35. The normalized spacial score (nSPS) is 11.3. The Morgan fingerprint density at radius 3 is 1.82 bits per heavy atom. The lowest BCUT2D eigenvalue weighted by molar-refractivity contribution is 0.667. The van der Waals surface area contributed by atoms with E-state index in [1.807, 2.05) is 6.20 Å². The number of unbranched alkanes of at least 4 members (excludes halogenated alkanes) is 3. The first-order valence-electron chi connectivity index (χ1n) is 12.1. The monoisotopic (exact) mass is 430 g/mol. The fraction of sp³-hybridized carbons (Fsp3) is 0.226. The van der Waals surface area contributed by atoms with E-state index in [0.29, 0.717) is 0 Å². The zero-order valence-electron chi connectivity index (χ0n) is 19.5. The minimum absolute atomic E-state index is 0.978. The van der Waals surface area contributed by atoms with Crippen LogP contribution >= 0.6 is 0 Å². The SMILES string of the molecule is CCCCCCc1cnc2c(ccc3c(-c4ccccc4)c(C)cnc32)c1-c1ccccc1. The van der Waals surface area contributed by atoms with Crippen molar-refractivity contribution in [1.82, 2.24) is 9.97 Å². The first-order valence-corrected chi connectivity index (χ1v) is 12.1. The number of pyridine rings is 2. The van der Waals surface area contributed by atoms with Gasteiger partial charge in [-0.15, -0.1) is 0 Å². The van der Waals surface area contributed by atoms with Gasteiger partial charge in [-0.25, -0.2) is 0 Å². The molecule has 0 aliphatic rings. The number of hydrogen-bond donors (Lipinski definition) is 0. The third kappa shape index (κ3) is 4.14. The van der Waals surface area contributed by atoms with Gasteiger partial charge < -0.3 is 0 Å². The highest BCUT2D eigenvalue weighted by molar-refractivity contribution is 6.12. The molecule has 0 spiro atoms. The number of rotatable bonds is 7. The second-order valence-corrected chi connectivity index (χ2v) is 8.88. The highest BCUT2D eigenvalue weighted by Crippen LogP contribution is 2.38. The van der Waals surface area contributed by atoms with E-state index in [1.54, 1.807) is 0 Å². The molecule has 2 heterocycles. The molecule has 0 aliphatic carbocycles. The van der Waals surface area contributed by atoms with Gasteiger partial charge in [-0.2, -0.15) is 0 Å². The molecule has 2 aromatic heterocycles. The average Bonchev–Trinajstić information content (AvgIpc) is 2.87. The molecule has 0 unspecified atom stereocenters. The highest BCUT2D eigenvalue weighted by atomic mass is 14.7. The molecule has 5 rings (SSSR count). The van der Waals surface area contributed by atoms with Crippen LogP contribution in [0.2, 0.25) is 0 Å². The topological polar surface area (TPSA) is 25.8 Å². The van der Waals surface area contributed by atoms with Crippen LogP contribution < -0.4 is 0 Å². The van der Waals surface area contributed by atoms with E-state index in [4.69, 9.17) is 9.97 Å². The molecule has 164 valence electrons. The third-order valence-electron chi connectivity index (χ3n) is 6.57. The van der Waals surface area contributed by atoms with E-state index in [0.717, 1.165) is 22.8 Å². The standard InChI is InChI=1S/C31H30N2/c1-3-4-5-8-17-25-21-33-31-27(29(25)24-15-11-7-12-16-24)19-18-26-28(22(2)20-32-30(26)31)23-13-9-6-10-14-23/h6-7,9-16,18-21H,3-5,8,17H2,1-2H3. The highest BCUT2D eigenvalue weighted by Gasteiger charge is 2.16. The van der Waals surface area contributed by atoms with Crippen LogP contribution in [-0.4, -0.2) is 9.97 Å². The minimum atomic E-state index is 0.978. The van der Waals surface area contributed by atoms with Gasteiger partial charge in [0.25, 0.3) is 0 Å². The zero-order valence-corrected chi connectivity index (χ0v) is 19.5. The Kier molecular flexibility index (Phi) is 6.17. The van der Waals surface area contributed by atoms with Crippen LogP contribution in [0.1, 0.15) is 43.7 Å². The molecule has 0 radical (unpaired) electrons. The lowest BCUT2D eigenvalue weighted by Gasteiger charge is -2.16. The van der Waals surface area contributed by atoms with Gasteiger partial charge in [0.2, 0.25) is 0 Å². The van der Waals surface area contributed by atoms with Crippen LogP contribution in [0.4, 0.5) is 0 Å². The Balaban J connectivity index is 1.73. The van der Waals surface area contributed by atoms with Crippen molar-refractivity contribution < 1.29 is 0 Å². The first-order chi connectivity index (χ1) is 16.3. The molecule has 2 nitrogen and oxygen atoms in total. The summed E-state index contributed by atoms with van der Waals surface area (Å²) in [7, 11) is 0. The Labute approximate surface area is 196 Å². The molecule has 2 heteroatoms. The van der Waals surface area contributed by atoms with Crippen LogP contribution in [0.25, 0.3) is 44.1 Å². The van der Waals surface area contributed by atoms with Crippen molar-refractivity contribution in [2.75, 3.05) is 0 Å². The smallest absolute Gasteiger partial charge is 0.0971 e. The van der Waals surface area contributed by atoms with Gasteiger partial charge in [0.1, 0.15) is 0 Å². The third-order valence-corrected chi connectivity index (χ3v) is 6.57. The molecule has 0 fully saturated rings. The van der Waals surface area contributed by atoms with Crippen LogP contribution in [0.5, 0.6) is 0 Å². The van der Waals surface area contributed by atoms with Gasteiger partial charge in [0, 0.05) is 23.2 Å². The lowest BCUT2D eigenvalue weighted by atomic mass is 9.91. The molecular weight excluding hydrogens is 400 g/mol. The van der Waals surface area contributed by atoms with Crippen LogP contribution in [0, 0.1) is 6.92 Å². The molecule has 0 atom stereocenters. The molecule has 0 bridgehead atoms. The van der Waals surface area contributed by atoms with Crippen molar-refractivity contribution in [3.63, 3.8) is 0 Å². The van der Waals surface area contributed by atoms with Gasteiger partial charge in [0.05, 0.1) is 11.0 Å². The van der Waals surface area contributed by atoms with Crippen LogP contribution in [-0.2, 0) is 6.42 Å². The van der Waals surface area contributed by atoms with Gasteiger partial charge in [0.15, 0.2) is 0 Å². The Morgan fingerprint density at radius 1 is 0.606 bits per heavy atom. The Hall–Kier alpha value is -3.52. The summed E-state index contributed by atoms with van der Waals surface area (Å²) in [6, 6.07) is 25.9. The maximum atomic E-state index is 5.00. The molecule has 0 saturated carbocycles. The van der Waals surface area contributed by atoms with Gasteiger partial charge in [-0.3, -0.25) is 9.97 Å². The largest absolute Gasteiger partial charge is 0.254 e. The molecular formula is C31H30N2. The average molecular weight is 431 g/mol. The molecule has 5 aromatic rings. The van der Waals surface area contributed by atoms with E-state index in [-0.39, 0.29) is 0 Å². The minimum Gasteiger partial charge on any atom is -0.254 e. The van der Waals surface area contributed by atoms with Crippen LogP contribution in [0.15, 0.2) is 85.2 Å². The summed E-state index contributed by atoms with van der Waals surface area (Å²) in [5.41, 5.74) is 9.51. The molecule has 0 aliphatic heterocycles. The fourth-order valence-corrected chi connectivity index (χ4v) is 4.93. The second kappa shape index (κ2) is 9.54. The fourth-order valence-electron chi connectivity index (χ4n) is 4.93. The van der Waals surface area contributed by atoms with Crippen molar-refractivity contribution in [2.45, 2.75) is 46.0 Å². The van der Waals surface area contributed by atoms with E-state index in [2.05, 4.69) is 92.8 Å². The summed E-state index contributed by atoms with van der Waals surface area (Å²) in [6.07, 6.45) is 10.2. The number of hydrogen-bond acceptors (Lipinski definition) is 2. The molecule has 33 heavy (non-hydrogen) atoms. The molecule has 0 saturated heterocycles. The number of aromatic nitrogens is 2. The summed E-state index contributed by atoms with van der Waals surface area (Å²) < 4.78 is 0. The summed E-state index contributed by atoms with van der Waals surface area (Å²) in [6.45, 7) is 4.40. The summed E-state index contributed by atoms with van der Waals surface area (Å²) in [5.74, 6) is 0. The van der Waals surface area contributed by atoms with Gasteiger partial charge in [-0.1, -0.05) is 99.0 Å². The Bertz CT molecular complexity index is 1390. The van der Waals surface area contributed by atoms with Crippen molar-refractivity contribution in [1.29, 1.82) is 0 Å². The van der Waals surface area contributed by atoms with Crippen molar-refractivity contribution >= 4 is 21.8 Å². The summed E-state index contributed by atoms with van der Waals surface area (Å²) >= 11 is 0. The van der Waals surface area contributed by atoms with Gasteiger partial charge >= 0.3 is 0 Å². The maximum Gasteiger partial charge on any atom is 0.0971 e. The Morgan fingerprint density at radius 2 is 1.18 bits per heavy atom.